The van der Waals surface area contributed by atoms with Crippen molar-refractivity contribution >= 4 is 17.6 Å². The number of halogens is 1. The molecule has 0 bridgehead atoms. The van der Waals surface area contributed by atoms with Gasteiger partial charge in [-0.05, 0) is 25.1 Å². The summed E-state index contributed by atoms with van der Waals surface area (Å²) in [6.45, 7) is 1.58. The molecule has 0 amide bonds. The summed E-state index contributed by atoms with van der Waals surface area (Å²) in [5.74, 6) is -1.15. The van der Waals surface area contributed by atoms with Crippen molar-refractivity contribution in [3.8, 4) is 11.8 Å². The van der Waals surface area contributed by atoms with Gasteiger partial charge in [0, 0.05) is 0 Å². The lowest BCUT2D eigenvalue weighted by molar-refractivity contribution is -0.142. The number of nitrogens with zero attached hydrogens (tertiary/aromatic N) is 1. The van der Waals surface area contributed by atoms with Crippen LogP contribution in [-0.2, 0) is 4.79 Å². The molecule has 0 saturated heterocycles. The summed E-state index contributed by atoms with van der Waals surface area (Å²) in [5.41, 5.74) is 0.434. The third-order valence-corrected chi connectivity index (χ3v) is 2.27. The monoisotopic (exact) mass is 239 g/mol. The summed E-state index contributed by atoms with van der Waals surface area (Å²) in [6, 6.07) is 6.53. The van der Waals surface area contributed by atoms with Gasteiger partial charge < -0.3 is 9.84 Å². The van der Waals surface area contributed by atoms with Crippen molar-refractivity contribution in [2.45, 2.75) is 6.92 Å². The van der Waals surface area contributed by atoms with Gasteiger partial charge in [0.15, 0.2) is 0 Å². The molecule has 1 rings (SSSR count). The first-order valence-corrected chi connectivity index (χ1v) is 4.97. The van der Waals surface area contributed by atoms with Crippen LogP contribution in [0.3, 0.4) is 0 Å². The molecule has 0 aliphatic rings. The minimum atomic E-state index is -0.926. The average molecular weight is 240 g/mol. The summed E-state index contributed by atoms with van der Waals surface area (Å²) in [7, 11) is 0. The number of nitriles is 1. The van der Waals surface area contributed by atoms with Gasteiger partial charge in [0.2, 0.25) is 0 Å². The predicted molar refractivity (Wildman–Crippen MR) is 58.5 cm³/mol. The standard InChI is InChI=1S/C11H10ClNO3/c1-7(11(14)15)6-16-10-3-2-8(5-13)4-9(10)12/h2-4,7H,6H2,1H3,(H,14,15). The Hall–Kier alpha value is -1.73. The van der Waals surface area contributed by atoms with Crippen LogP contribution in [0.4, 0.5) is 0 Å². The van der Waals surface area contributed by atoms with Crippen LogP contribution in [0.25, 0.3) is 0 Å². The Bertz CT molecular complexity index is 439. The predicted octanol–water partition coefficient (Wildman–Crippen LogP) is 2.31. The van der Waals surface area contributed by atoms with Crippen LogP contribution >= 0.6 is 11.6 Å². The number of carboxylic acid groups (broad SMARTS) is 1. The molecule has 1 aromatic rings. The Morgan fingerprint density at radius 2 is 2.38 bits per heavy atom. The summed E-state index contributed by atoms with van der Waals surface area (Å²) in [5, 5.41) is 17.6. The van der Waals surface area contributed by atoms with Gasteiger partial charge in [-0.3, -0.25) is 4.79 Å². The second-order valence-electron chi connectivity index (χ2n) is 3.31. The van der Waals surface area contributed by atoms with Gasteiger partial charge in [0.1, 0.15) is 12.4 Å². The topological polar surface area (TPSA) is 70.3 Å². The number of carboxylic acids is 1. The first-order valence-electron chi connectivity index (χ1n) is 4.60. The molecule has 5 heteroatoms. The molecule has 0 saturated carbocycles. The molecule has 0 spiro atoms. The fourth-order valence-corrected chi connectivity index (χ4v) is 1.21. The summed E-state index contributed by atoms with van der Waals surface area (Å²) in [6.07, 6.45) is 0. The first kappa shape index (κ1) is 12.3. The maximum atomic E-state index is 10.5. The largest absolute Gasteiger partial charge is 0.491 e. The van der Waals surface area contributed by atoms with E-state index in [4.69, 9.17) is 26.7 Å². The Balaban J connectivity index is 2.69. The summed E-state index contributed by atoms with van der Waals surface area (Å²) >= 11 is 5.85. The van der Waals surface area contributed by atoms with E-state index >= 15 is 0 Å². The molecular formula is C11H10ClNO3. The van der Waals surface area contributed by atoms with E-state index in [1.165, 1.54) is 6.07 Å². The fourth-order valence-electron chi connectivity index (χ4n) is 0.974. The van der Waals surface area contributed by atoms with Gasteiger partial charge in [-0.1, -0.05) is 11.6 Å². The van der Waals surface area contributed by atoms with E-state index in [0.29, 0.717) is 16.3 Å². The van der Waals surface area contributed by atoms with Gasteiger partial charge in [0.05, 0.1) is 22.6 Å². The second-order valence-corrected chi connectivity index (χ2v) is 3.71. The van der Waals surface area contributed by atoms with Crippen LogP contribution in [-0.4, -0.2) is 17.7 Å². The number of hydrogen-bond acceptors (Lipinski definition) is 3. The fraction of sp³-hybridized carbons (Fsp3) is 0.273. The SMILES string of the molecule is CC(COc1ccc(C#N)cc1Cl)C(=O)O. The number of benzene rings is 1. The quantitative estimate of drug-likeness (QED) is 0.875. The number of aliphatic carboxylic acids is 1. The van der Waals surface area contributed by atoms with Crippen molar-refractivity contribution in [3.05, 3.63) is 28.8 Å². The summed E-state index contributed by atoms with van der Waals surface area (Å²) in [4.78, 5) is 10.5. The van der Waals surface area contributed by atoms with E-state index in [1.807, 2.05) is 6.07 Å². The molecule has 16 heavy (non-hydrogen) atoms. The zero-order chi connectivity index (χ0) is 12.1. The third-order valence-electron chi connectivity index (χ3n) is 1.97. The molecule has 0 fully saturated rings. The van der Waals surface area contributed by atoms with Crippen molar-refractivity contribution in [2.75, 3.05) is 6.61 Å². The van der Waals surface area contributed by atoms with E-state index in [2.05, 4.69) is 0 Å². The lowest BCUT2D eigenvalue weighted by Crippen LogP contribution is -2.18. The Morgan fingerprint density at radius 3 is 2.88 bits per heavy atom. The highest BCUT2D eigenvalue weighted by Crippen LogP contribution is 2.25. The normalized spacial score (nSPS) is 11.6. The van der Waals surface area contributed by atoms with Gasteiger partial charge in [-0.15, -0.1) is 0 Å². The van der Waals surface area contributed by atoms with Crippen LogP contribution in [0, 0.1) is 17.2 Å². The molecule has 1 unspecified atom stereocenters. The molecule has 4 nitrogen and oxygen atoms in total. The van der Waals surface area contributed by atoms with Crippen LogP contribution in [0.5, 0.6) is 5.75 Å². The maximum absolute atomic E-state index is 10.5. The Labute approximate surface area is 98.0 Å². The third kappa shape index (κ3) is 3.14. The molecular weight excluding hydrogens is 230 g/mol. The highest BCUT2D eigenvalue weighted by atomic mass is 35.5. The zero-order valence-electron chi connectivity index (χ0n) is 8.61. The van der Waals surface area contributed by atoms with Gasteiger partial charge in [-0.25, -0.2) is 0 Å². The van der Waals surface area contributed by atoms with Crippen LogP contribution in [0.2, 0.25) is 5.02 Å². The number of rotatable bonds is 4. The van der Waals surface area contributed by atoms with Gasteiger partial charge in [-0.2, -0.15) is 5.26 Å². The average Bonchev–Trinajstić information content (AvgIpc) is 2.26. The highest BCUT2D eigenvalue weighted by molar-refractivity contribution is 6.32. The van der Waals surface area contributed by atoms with Crippen molar-refractivity contribution in [2.24, 2.45) is 5.92 Å². The minimum absolute atomic E-state index is 0.0426. The van der Waals surface area contributed by atoms with Gasteiger partial charge >= 0.3 is 5.97 Å². The molecule has 84 valence electrons. The van der Waals surface area contributed by atoms with E-state index in [0.717, 1.165) is 0 Å². The maximum Gasteiger partial charge on any atom is 0.309 e. The molecule has 1 N–H and O–H groups in total. The Kier molecular flexibility index (Phi) is 4.15. The van der Waals surface area contributed by atoms with E-state index in [-0.39, 0.29) is 6.61 Å². The van der Waals surface area contributed by atoms with E-state index in [9.17, 15) is 4.79 Å². The molecule has 1 aromatic carbocycles. The van der Waals surface area contributed by atoms with Crippen molar-refractivity contribution in [1.29, 1.82) is 5.26 Å². The summed E-state index contributed by atoms with van der Waals surface area (Å²) < 4.78 is 5.24. The number of ether oxygens (including phenoxy) is 1. The lowest BCUT2D eigenvalue weighted by Gasteiger charge is -2.10. The van der Waals surface area contributed by atoms with Crippen LogP contribution in [0.15, 0.2) is 18.2 Å². The first-order chi connectivity index (χ1) is 7.54. The smallest absolute Gasteiger partial charge is 0.309 e. The Morgan fingerprint density at radius 1 is 1.69 bits per heavy atom. The number of carbonyl (C=O) groups is 1. The molecule has 0 aliphatic carbocycles. The molecule has 0 heterocycles. The van der Waals surface area contributed by atoms with E-state index < -0.39 is 11.9 Å². The minimum Gasteiger partial charge on any atom is -0.491 e. The van der Waals surface area contributed by atoms with Gasteiger partial charge in [0.25, 0.3) is 0 Å². The van der Waals surface area contributed by atoms with Crippen molar-refractivity contribution in [1.82, 2.24) is 0 Å². The highest BCUT2D eigenvalue weighted by Gasteiger charge is 2.12. The number of hydrogen-bond donors (Lipinski definition) is 1. The molecule has 0 radical (unpaired) electrons. The van der Waals surface area contributed by atoms with Crippen LogP contribution in [0.1, 0.15) is 12.5 Å². The molecule has 0 aliphatic heterocycles. The van der Waals surface area contributed by atoms with E-state index in [1.54, 1.807) is 19.1 Å². The second kappa shape index (κ2) is 5.38. The lowest BCUT2D eigenvalue weighted by atomic mass is 10.2. The zero-order valence-corrected chi connectivity index (χ0v) is 9.36. The van der Waals surface area contributed by atoms with Crippen molar-refractivity contribution in [3.63, 3.8) is 0 Å². The molecule has 1 atom stereocenters. The van der Waals surface area contributed by atoms with Crippen LogP contribution < -0.4 is 4.74 Å². The van der Waals surface area contributed by atoms with Crippen molar-refractivity contribution < 1.29 is 14.6 Å². The molecule has 0 aromatic heterocycles.